The normalized spacial score (nSPS) is 25.1. The zero-order valence-corrected chi connectivity index (χ0v) is 20.1. The molecule has 1 aromatic carbocycles. The Bertz CT molecular complexity index is 829. The molecule has 3 nitrogen and oxygen atoms in total. The van der Waals surface area contributed by atoms with Crippen LogP contribution in [0.15, 0.2) is 42.0 Å². The Balaban J connectivity index is 1.79. The Morgan fingerprint density at radius 1 is 1.32 bits per heavy atom. The minimum Gasteiger partial charge on any atom is -0.381 e. The molecule has 0 aliphatic carbocycles. The summed E-state index contributed by atoms with van der Waals surface area (Å²) in [6.07, 6.45) is 11.1. The number of benzene rings is 1. The van der Waals surface area contributed by atoms with Crippen molar-refractivity contribution >= 4 is 17.7 Å². The van der Waals surface area contributed by atoms with Crippen LogP contribution < -0.4 is 0 Å². The third-order valence-electron chi connectivity index (χ3n) is 6.72. The molecular weight excluding hydrogens is 409 g/mol. The number of carbonyl (C=O) groups excluding carboxylic acids is 1. The highest BCUT2D eigenvalue weighted by atomic mass is 32.2. The van der Waals surface area contributed by atoms with Crippen molar-refractivity contribution in [1.29, 1.82) is 0 Å². The molecule has 0 bridgehead atoms. The van der Waals surface area contributed by atoms with Crippen LogP contribution in [0.25, 0.3) is 0 Å². The van der Waals surface area contributed by atoms with Crippen molar-refractivity contribution in [2.75, 3.05) is 13.2 Å². The monoisotopic (exact) mass is 445 g/mol. The number of Topliss-reactive ketones (excluding diaryl/α,β-unsaturated/α-hetero) is 1. The fourth-order valence-corrected chi connectivity index (χ4v) is 6.11. The van der Waals surface area contributed by atoms with E-state index in [-0.39, 0.29) is 11.6 Å². The lowest BCUT2D eigenvalue weighted by atomic mass is 9.71. The van der Waals surface area contributed by atoms with E-state index in [1.165, 1.54) is 5.57 Å². The van der Waals surface area contributed by atoms with E-state index in [9.17, 15) is 4.79 Å². The molecule has 2 fully saturated rings. The number of rotatable bonds is 7. The molecule has 1 unspecified atom stereocenters. The van der Waals surface area contributed by atoms with Gasteiger partial charge >= 0.3 is 0 Å². The van der Waals surface area contributed by atoms with Gasteiger partial charge < -0.3 is 4.74 Å². The summed E-state index contributed by atoms with van der Waals surface area (Å²) < 4.78 is 23.0. The lowest BCUT2D eigenvalue weighted by Gasteiger charge is -2.38. The molecule has 0 spiro atoms. The van der Waals surface area contributed by atoms with Crippen LogP contribution in [0.2, 0.25) is 0 Å². The molecule has 170 valence electrons. The number of allylic oxidation sites excluding steroid dienone is 3. The lowest BCUT2D eigenvalue weighted by molar-refractivity contribution is -0.126. The van der Waals surface area contributed by atoms with Crippen molar-refractivity contribution in [2.24, 2.45) is 0 Å². The SMILES string of the molecule is C/C=C\C(=C/CC)C1CC[C@H](C)N(Cc2ccc(C3(C(C)=O)CCOCC3)cc2F)S1. The zero-order chi connectivity index (χ0) is 22.4. The zero-order valence-electron chi connectivity index (χ0n) is 19.3. The molecule has 2 saturated heterocycles. The summed E-state index contributed by atoms with van der Waals surface area (Å²) in [5.41, 5.74) is 2.25. The number of nitrogens with zero attached hydrogens (tertiary/aromatic N) is 1. The Kier molecular flexibility index (Phi) is 8.54. The van der Waals surface area contributed by atoms with Gasteiger partial charge in [0, 0.05) is 36.6 Å². The van der Waals surface area contributed by atoms with Gasteiger partial charge in [0.1, 0.15) is 11.6 Å². The molecule has 31 heavy (non-hydrogen) atoms. The fourth-order valence-electron chi connectivity index (χ4n) is 4.72. The van der Waals surface area contributed by atoms with Gasteiger partial charge in [0.2, 0.25) is 0 Å². The smallest absolute Gasteiger partial charge is 0.140 e. The molecule has 0 radical (unpaired) electrons. The molecule has 1 aromatic rings. The molecule has 0 N–H and O–H groups in total. The predicted octanol–water partition coefficient (Wildman–Crippen LogP) is 6.38. The number of ketones is 1. The van der Waals surface area contributed by atoms with Crippen LogP contribution in [0.3, 0.4) is 0 Å². The van der Waals surface area contributed by atoms with Crippen LogP contribution >= 0.6 is 11.9 Å². The average molecular weight is 446 g/mol. The molecule has 0 aromatic heterocycles. The van der Waals surface area contributed by atoms with E-state index in [4.69, 9.17) is 4.74 Å². The second-order valence-electron chi connectivity index (χ2n) is 8.76. The molecular formula is C26H36FNO2S. The molecule has 0 saturated carbocycles. The Morgan fingerprint density at radius 2 is 2.06 bits per heavy atom. The number of ether oxygens (including phenoxy) is 1. The standard InChI is InChI=1S/C26H36FNO2S/c1-5-7-21(8-6-2)25-12-9-19(3)28(31-25)18-22-10-11-23(17-24(22)27)26(20(4)29)13-15-30-16-14-26/h5,7-8,10-11,17,19,25H,6,9,12-16,18H2,1-4H3/b7-5-,21-8+/t19-,25?/m0/s1. The summed E-state index contributed by atoms with van der Waals surface area (Å²) in [7, 11) is 0. The van der Waals surface area contributed by atoms with Crippen LogP contribution in [0, 0.1) is 5.82 Å². The first-order valence-electron chi connectivity index (χ1n) is 11.5. The molecule has 5 heteroatoms. The minimum atomic E-state index is -0.609. The second-order valence-corrected chi connectivity index (χ2v) is 10.0. The maximum Gasteiger partial charge on any atom is 0.140 e. The van der Waals surface area contributed by atoms with Gasteiger partial charge in [0.15, 0.2) is 0 Å². The van der Waals surface area contributed by atoms with E-state index >= 15 is 4.39 Å². The van der Waals surface area contributed by atoms with Crippen molar-refractivity contribution < 1.29 is 13.9 Å². The summed E-state index contributed by atoms with van der Waals surface area (Å²) in [6.45, 7) is 9.73. The van der Waals surface area contributed by atoms with Gasteiger partial charge in [-0.3, -0.25) is 4.79 Å². The average Bonchev–Trinajstić information content (AvgIpc) is 2.76. The second kappa shape index (κ2) is 10.9. The van der Waals surface area contributed by atoms with Crippen molar-refractivity contribution in [2.45, 2.75) is 83.1 Å². The maximum atomic E-state index is 15.2. The predicted molar refractivity (Wildman–Crippen MR) is 128 cm³/mol. The quantitative estimate of drug-likeness (QED) is 0.360. The molecule has 2 aliphatic heterocycles. The number of hydrogen-bond acceptors (Lipinski definition) is 4. The van der Waals surface area contributed by atoms with E-state index < -0.39 is 5.41 Å². The molecule has 2 atom stereocenters. The first-order chi connectivity index (χ1) is 14.9. The van der Waals surface area contributed by atoms with Gasteiger partial charge in [-0.1, -0.05) is 49.2 Å². The first-order valence-corrected chi connectivity index (χ1v) is 12.4. The van der Waals surface area contributed by atoms with E-state index in [0.29, 0.717) is 49.5 Å². The number of halogens is 1. The van der Waals surface area contributed by atoms with Crippen LogP contribution in [-0.4, -0.2) is 34.6 Å². The Labute approximate surface area is 191 Å². The highest BCUT2D eigenvalue weighted by Gasteiger charge is 2.39. The van der Waals surface area contributed by atoms with Gasteiger partial charge in [0.25, 0.3) is 0 Å². The van der Waals surface area contributed by atoms with Crippen molar-refractivity contribution in [3.05, 3.63) is 58.9 Å². The van der Waals surface area contributed by atoms with Crippen molar-refractivity contribution in [3.63, 3.8) is 0 Å². The first kappa shape index (κ1) is 24.2. The van der Waals surface area contributed by atoms with Crippen molar-refractivity contribution in [1.82, 2.24) is 4.31 Å². The van der Waals surface area contributed by atoms with Gasteiger partial charge in [-0.15, -0.1) is 0 Å². The molecule has 2 heterocycles. The molecule has 2 aliphatic rings. The third-order valence-corrected chi connectivity index (χ3v) is 8.25. The largest absolute Gasteiger partial charge is 0.381 e. The Hall–Kier alpha value is -1.43. The molecule has 0 amide bonds. The van der Waals surface area contributed by atoms with Crippen LogP contribution in [0.4, 0.5) is 4.39 Å². The van der Waals surface area contributed by atoms with Crippen LogP contribution in [0.5, 0.6) is 0 Å². The van der Waals surface area contributed by atoms with E-state index in [0.717, 1.165) is 24.8 Å². The van der Waals surface area contributed by atoms with Crippen LogP contribution in [0.1, 0.15) is 70.9 Å². The summed E-state index contributed by atoms with van der Waals surface area (Å²) in [4.78, 5) is 12.5. The minimum absolute atomic E-state index is 0.102. The number of carbonyl (C=O) groups is 1. The van der Waals surface area contributed by atoms with Crippen LogP contribution in [-0.2, 0) is 21.5 Å². The maximum absolute atomic E-state index is 15.2. The Morgan fingerprint density at radius 3 is 2.68 bits per heavy atom. The number of hydrogen-bond donors (Lipinski definition) is 0. The fraction of sp³-hybridized carbons (Fsp3) is 0.577. The van der Waals surface area contributed by atoms with Crippen molar-refractivity contribution in [3.8, 4) is 0 Å². The van der Waals surface area contributed by atoms with Gasteiger partial charge in [-0.25, -0.2) is 8.70 Å². The highest BCUT2D eigenvalue weighted by Crippen LogP contribution is 2.39. The topological polar surface area (TPSA) is 29.5 Å². The highest BCUT2D eigenvalue weighted by molar-refractivity contribution is 7.97. The van der Waals surface area contributed by atoms with Gasteiger partial charge in [-0.05, 0) is 70.1 Å². The van der Waals surface area contributed by atoms with Gasteiger partial charge in [-0.2, -0.15) is 0 Å². The van der Waals surface area contributed by atoms with E-state index in [2.05, 4.69) is 43.3 Å². The summed E-state index contributed by atoms with van der Waals surface area (Å²) >= 11 is 1.84. The summed E-state index contributed by atoms with van der Waals surface area (Å²) in [5, 5.41) is 0.415. The van der Waals surface area contributed by atoms with Gasteiger partial charge in [0.05, 0.1) is 5.41 Å². The summed E-state index contributed by atoms with van der Waals surface area (Å²) in [5.74, 6) is -0.109. The molecule has 3 rings (SSSR count). The summed E-state index contributed by atoms with van der Waals surface area (Å²) in [6, 6.07) is 5.84. The van der Waals surface area contributed by atoms with E-state index in [1.807, 2.05) is 24.1 Å². The lowest BCUT2D eigenvalue weighted by Crippen LogP contribution is -2.40. The van der Waals surface area contributed by atoms with E-state index in [1.54, 1.807) is 13.0 Å². The third kappa shape index (κ3) is 5.50.